The second-order valence-corrected chi connectivity index (χ2v) is 15.2. The Bertz CT molecular complexity index is 818. The first-order valence-electron chi connectivity index (χ1n) is 10.7. The molecule has 4 rings (SSSR count). The molecule has 3 heterocycles. The van der Waals surface area contributed by atoms with Crippen molar-refractivity contribution < 1.29 is 33.0 Å². The van der Waals surface area contributed by atoms with Crippen LogP contribution in [0.25, 0.3) is 0 Å². The van der Waals surface area contributed by atoms with Crippen molar-refractivity contribution in [2.24, 2.45) is 0 Å². The van der Waals surface area contributed by atoms with Crippen LogP contribution in [0.15, 0.2) is 24.3 Å². The number of hydrogen-bond donors (Lipinski definition) is 1. The second-order valence-electron chi connectivity index (χ2n) is 10.5. The lowest BCUT2D eigenvalue weighted by atomic mass is 9.96. The topological polar surface area (TPSA) is 86.7 Å². The Kier molecular flexibility index (Phi) is 5.42. The number of nitrogens with zero attached hydrogens (tertiary/aromatic N) is 1. The van der Waals surface area contributed by atoms with E-state index in [1.807, 2.05) is 0 Å². The molecule has 0 unspecified atom stereocenters. The summed E-state index contributed by atoms with van der Waals surface area (Å²) in [6.07, 6.45) is -3.43. The number of carbonyl (C=O) groups is 1. The largest absolute Gasteiger partial charge is 0.497 e. The highest BCUT2D eigenvalue weighted by Crippen LogP contribution is 2.55. The van der Waals surface area contributed by atoms with Crippen molar-refractivity contribution in [3.05, 3.63) is 24.3 Å². The summed E-state index contributed by atoms with van der Waals surface area (Å²) in [5.41, 5.74) is 0.599. The van der Waals surface area contributed by atoms with Crippen LogP contribution >= 0.6 is 0 Å². The van der Waals surface area contributed by atoms with Crippen molar-refractivity contribution in [3.63, 3.8) is 0 Å². The predicted octanol–water partition coefficient (Wildman–Crippen LogP) is 3.56. The highest BCUT2D eigenvalue weighted by atomic mass is 28.4. The third-order valence-electron chi connectivity index (χ3n) is 6.44. The summed E-state index contributed by atoms with van der Waals surface area (Å²) in [4.78, 5) is 14.3. The number of benzene rings is 1. The number of aliphatic hydroxyl groups is 1. The van der Waals surface area contributed by atoms with Gasteiger partial charge < -0.3 is 28.2 Å². The van der Waals surface area contributed by atoms with Gasteiger partial charge in [0, 0.05) is 15.8 Å². The molecule has 1 N–H and O–H groups in total. The number of hydrogen-bond acceptors (Lipinski definition) is 7. The molecule has 0 spiro atoms. The molecule has 0 radical (unpaired) electrons. The van der Waals surface area contributed by atoms with Gasteiger partial charge in [0.2, 0.25) is 0 Å². The molecule has 0 bridgehead atoms. The highest BCUT2D eigenvalue weighted by molar-refractivity contribution is 6.73. The molecular formula is C22H33NO7Si. The molecule has 31 heavy (non-hydrogen) atoms. The Morgan fingerprint density at radius 3 is 2.23 bits per heavy atom. The molecule has 0 aromatic heterocycles. The summed E-state index contributed by atoms with van der Waals surface area (Å²) in [7, 11) is -1.22. The maximum Gasteiger partial charge on any atom is 0.415 e. The van der Waals surface area contributed by atoms with Gasteiger partial charge in [0.1, 0.15) is 24.0 Å². The summed E-state index contributed by atoms with van der Waals surface area (Å²) in [6.45, 7) is 13.1. The first-order chi connectivity index (χ1) is 14.4. The minimum Gasteiger partial charge on any atom is -0.497 e. The summed E-state index contributed by atoms with van der Waals surface area (Å²) in [5.74, 6) is 0.673. The molecule has 3 aliphatic heterocycles. The van der Waals surface area contributed by atoms with Crippen LogP contribution in [0.1, 0.15) is 41.5 Å². The van der Waals surface area contributed by atoms with E-state index in [1.54, 1.807) is 31.4 Å². The normalized spacial score (nSPS) is 32.8. The predicted molar refractivity (Wildman–Crippen MR) is 116 cm³/mol. The number of anilines is 1. The highest BCUT2D eigenvalue weighted by Gasteiger charge is 2.67. The summed E-state index contributed by atoms with van der Waals surface area (Å²) < 4.78 is 30.1. The van der Waals surface area contributed by atoms with Gasteiger partial charge >= 0.3 is 14.7 Å². The zero-order valence-electron chi connectivity index (χ0n) is 19.2. The van der Waals surface area contributed by atoms with Crippen LogP contribution < -0.4 is 9.64 Å². The van der Waals surface area contributed by atoms with Gasteiger partial charge in [-0.25, -0.2) is 4.79 Å². The fourth-order valence-corrected chi connectivity index (χ4v) is 10.2. The van der Waals surface area contributed by atoms with E-state index < -0.39 is 45.3 Å². The van der Waals surface area contributed by atoms with Crippen LogP contribution in [0.5, 0.6) is 5.75 Å². The zero-order chi connectivity index (χ0) is 22.8. The Hall–Kier alpha value is -1.65. The van der Waals surface area contributed by atoms with Crippen LogP contribution in [-0.4, -0.2) is 64.1 Å². The smallest absolute Gasteiger partial charge is 0.415 e. The average molecular weight is 452 g/mol. The van der Waals surface area contributed by atoms with Gasteiger partial charge in [0.05, 0.1) is 13.7 Å². The molecule has 5 atom stereocenters. The number of fused-ring (bicyclic) bond motifs is 3. The van der Waals surface area contributed by atoms with Gasteiger partial charge in [-0.05, 0) is 24.3 Å². The van der Waals surface area contributed by atoms with Crippen LogP contribution in [0.3, 0.4) is 0 Å². The molecular weight excluding hydrogens is 418 g/mol. The lowest BCUT2D eigenvalue weighted by Crippen LogP contribution is -2.71. The first-order valence-corrected chi connectivity index (χ1v) is 12.5. The fraction of sp³-hybridized carbons (Fsp3) is 0.682. The second kappa shape index (κ2) is 7.45. The molecule has 0 saturated carbocycles. The SMILES string of the molecule is COc1ccc(N2C(=O)O[C@H]3[C@H]4O[Si](C(C)(C)C)(C(C)(C)C)OC[C@H]4O[C@H](O)[C@H]32)cc1. The van der Waals surface area contributed by atoms with E-state index in [9.17, 15) is 9.90 Å². The number of methoxy groups -OCH3 is 1. The minimum atomic E-state index is -2.80. The van der Waals surface area contributed by atoms with E-state index in [0.717, 1.165) is 0 Å². The van der Waals surface area contributed by atoms with Crippen molar-refractivity contribution >= 4 is 20.3 Å². The minimum absolute atomic E-state index is 0.222. The number of carbonyl (C=O) groups excluding carboxylic acids is 1. The maximum absolute atomic E-state index is 12.9. The summed E-state index contributed by atoms with van der Waals surface area (Å²) in [5, 5.41) is 10.4. The number of ether oxygens (including phenoxy) is 3. The lowest BCUT2D eigenvalue weighted by Gasteiger charge is -2.56. The third kappa shape index (κ3) is 3.47. The molecule has 3 aliphatic rings. The Labute approximate surface area is 184 Å². The van der Waals surface area contributed by atoms with E-state index in [0.29, 0.717) is 18.0 Å². The number of amides is 1. The average Bonchev–Trinajstić information content (AvgIpc) is 3.04. The molecule has 9 heteroatoms. The van der Waals surface area contributed by atoms with Crippen molar-refractivity contribution in [1.82, 2.24) is 0 Å². The molecule has 1 amide bonds. The van der Waals surface area contributed by atoms with E-state index in [4.69, 9.17) is 23.1 Å². The van der Waals surface area contributed by atoms with Crippen molar-refractivity contribution in [3.8, 4) is 5.75 Å². The van der Waals surface area contributed by atoms with Crippen LogP contribution in [0.4, 0.5) is 10.5 Å². The van der Waals surface area contributed by atoms with Gasteiger partial charge in [0.25, 0.3) is 0 Å². The van der Waals surface area contributed by atoms with Crippen molar-refractivity contribution in [1.29, 1.82) is 0 Å². The number of rotatable bonds is 2. The van der Waals surface area contributed by atoms with E-state index in [-0.39, 0.29) is 10.1 Å². The van der Waals surface area contributed by atoms with E-state index >= 15 is 0 Å². The Balaban J connectivity index is 1.68. The van der Waals surface area contributed by atoms with E-state index in [1.165, 1.54) is 4.90 Å². The van der Waals surface area contributed by atoms with Gasteiger partial charge in [-0.3, -0.25) is 4.90 Å². The van der Waals surface area contributed by atoms with Gasteiger partial charge in [-0.1, -0.05) is 41.5 Å². The summed E-state index contributed by atoms with van der Waals surface area (Å²) >= 11 is 0. The Morgan fingerprint density at radius 2 is 1.68 bits per heavy atom. The molecule has 1 aromatic carbocycles. The molecule has 3 saturated heterocycles. The van der Waals surface area contributed by atoms with Crippen LogP contribution in [0.2, 0.25) is 10.1 Å². The van der Waals surface area contributed by atoms with Gasteiger partial charge in [0.15, 0.2) is 12.4 Å². The van der Waals surface area contributed by atoms with Crippen molar-refractivity contribution in [2.45, 2.75) is 82.3 Å². The molecule has 0 aliphatic carbocycles. The van der Waals surface area contributed by atoms with Gasteiger partial charge in [-0.2, -0.15) is 0 Å². The molecule has 8 nitrogen and oxygen atoms in total. The number of aliphatic hydroxyl groups excluding tert-OH is 1. The standard InChI is InChI=1S/C22H33NO7Si/c1-21(2,3)31(22(4,5)6)27-12-15-17(30-31)18-16(19(24)28-15)23(20(25)29-18)13-8-10-14(26-7)11-9-13/h8-11,15-19,24H,12H2,1-7H3/t15-,16+,17+,18-,19+/m1/s1. The monoisotopic (exact) mass is 451 g/mol. The molecule has 3 fully saturated rings. The van der Waals surface area contributed by atoms with Crippen molar-refractivity contribution in [2.75, 3.05) is 18.6 Å². The molecule has 172 valence electrons. The zero-order valence-corrected chi connectivity index (χ0v) is 20.2. The van der Waals surface area contributed by atoms with Crippen LogP contribution in [0, 0.1) is 0 Å². The third-order valence-corrected chi connectivity index (χ3v) is 11.6. The van der Waals surface area contributed by atoms with E-state index in [2.05, 4.69) is 41.5 Å². The fourth-order valence-electron chi connectivity index (χ4n) is 5.25. The quantitative estimate of drug-likeness (QED) is 0.688. The van der Waals surface area contributed by atoms with Crippen LogP contribution in [-0.2, 0) is 18.3 Å². The van der Waals surface area contributed by atoms with Gasteiger partial charge in [-0.15, -0.1) is 0 Å². The Morgan fingerprint density at radius 1 is 1.06 bits per heavy atom. The first kappa shape index (κ1) is 22.5. The molecule has 1 aromatic rings. The summed E-state index contributed by atoms with van der Waals surface area (Å²) in [6, 6.07) is 6.32. The maximum atomic E-state index is 12.9. The lowest BCUT2D eigenvalue weighted by molar-refractivity contribution is -0.251.